The van der Waals surface area contributed by atoms with Gasteiger partial charge in [-0.25, -0.2) is 0 Å². The van der Waals surface area contributed by atoms with Crippen LogP contribution < -0.4 is 0 Å². The second kappa shape index (κ2) is 5.96. The molecule has 3 heteroatoms. The van der Waals surface area contributed by atoms with Crippen LogP contribution in [0.1, 0.15) is 36.0 Å². The number of amides is 1. The number of carbonyl (C=O) groups is 1. The molecule has 0 bridgehead atoms. The summed E-state index contributed by atoms with van der Waals surface area (Å²) in [4.78, 5) is 14.3. The first-order valence-corrected chi connectivity index (χ1v) is 7.75. The molecule has 1 atom stereocenters. The molecule has 1 aliphatic heterocycles. The van der Waals surface area contributed by atoms with Gasteiger partial charge in [0.2, 0.25) is 5.91 Å². The van der Waals surface area contributed by atoms with Crippen molar-refractivity contribution in [3.63, 3.8) is 0 Å². The Balaban J connectivity index is 1.63. The highest BCUT2D eigenvalue weighted by molar-refractivity contribution is 5.79. The summed E-state index contributed by atoms with van der Waals surface area (Å²) in [5.41, 5.74) is 4.03. The lowest BCUT2D eigenvalue weighted by Crippen LogP contribution is -2.41. The number of rotatable bonds is 3. The van der Waals surface area contributed by atoms with Crippen LogP contribution in [0.15, 0.2) is 18.2 Å². The number of likely N-dealkylation sites (tertiary alicyclic amines) is 1. The van der Waals surface area contributed by atoms with E-state index in [-0.39, 0.29) is 18.4 Å². The first-order valence-electron chi connectivity index (χ1n) is 7.75. The highest BCUT2D eigenvalue weighted by Crippen LogP contribution is 2.23. The predicted molar refractivity (Wildman–Crippen MR) is 78.6 cm³/mol. The number of carbonyl (C=O) groups excluding carboxylic acids is 1. The van der Waals surface area contributed by atoms with E-state index in [0.29, 0.717) is 6.42 Å². The fourth-order valence-corrected chi connectivity index (χ4v) is 3.46. The Bertz CT molecular complexity index is 498. The summed E-state index contributed by atoms with van der Waals surface area (Å²) in [6, 6.07) is 6.51. The molecular weight excluding hydrogens is 250 g/mol. The minimum absolute atomic E-state index is 0.197. The normalized spacial score (nSPS) is 21.9. The lowest BCUT2D eigenvalue weighted by atomic mass is 9.98. The van der Waals surface area contributed by atoms with Crippen LogP contribution in [0.2, 0.25) is 0 Å². The smallest absolute Gasteiger partial charge is 0.227 e. The average Bonchev–Trinajstić information content (AvgIpc) is 2.95. The van der Waals surface area contributed by atoms with Crippen LogP contribution in [-0.2, 0) is 24.1 Å². The molecular formula is C17H23NO2. The van der Waals surface area contributed by atoms with Crippen molar-refractivity contribution in [3.05, 3.63) is 34.9 Å². The van der Waals surface area contributed by atoms with E-state index in [1.54, 1.807) is 0 Å². The molecule has 3 nitrogen and oxygen atoms in total. The van der Waals surface area contributed by atoms with Crippen molar-refractivity contribution in [2.45, 2.75) is 38.5 Å². The molecule has 1 aromatic rings. The topological polar surface area (TPSA) is 40.5 Å². The SMILES string of the molecule is O=C(Cc1ccc2c(c1)CCC2)N1CCCC(CO)C1. The fraction of sp³-hybridized carbons (Fsp3) is 0.588. The van der Waals surface area contributed by atoms with Crippen molar-refractivity contribution in [1.29, 1.82) is 0 Å². The number of benzene rings is 1. The first-order chi connectivity index (χ1) is 9.76. The van der Waals surface area contributed by atoms with Gasteiger partial charge in [-0.1, -0.05) is 18.2 Å². The van der Waals surface area contributed by atoms with Gasteiger partial charge >= 0.3 is 0 Å². The van der Waals surface area contributed by atoms with Crippen LogP contribution in [0.4, 0.5) is 0 Å². The van der Waals surface area contributed by atoms with Gasteiger partial charge < -0.3 is 10.0 Å². The summed E-state index contributed by atoms with van der Waals surface area (Å²) in [6.45, 7) is 1.77. The van der Waals surface area contributed by atoms with Crippen LogP contribution in [0.3, 0.4) is 0 Å². The quantitative estimate of drug-likeness (QED) is 0.914. The van der Waals surface area contributed by atoms with E-state index < -0.39 is 0 Å². The van der Waals surface area contributed by atoms with E-state index in [4.69, 9.17) is 0 Å². The number of aryl methyl sites for hydroxylation is 2. The molecule has 3 rings (SSSR count). The van der Waals surface area contributed by atoms with Crippen molar-refractivity contribution < 1.29 is 9.90 Å². The van der Waals surface area contributed by atoms with E-state index in [1.165, 1.54) is 24.0 Å². The Labute approximate surface area is 120 Å². The molecule has 108 valence electrons. The number of nitrogens with zero attached hydrogens (tertiary/aromatic N) is 1. The molecule has 1 heterocycles. The highest BCUT2D eigenvalue weighted by Gasteiger charge is 2.23. The third-order valence-electron chi connectivity index (χ3n) is 4.65. The highest BCUT2D eigenvalue weighted by atomic mass is 16.3. The molecule has 2 aliphatic rings. The van der Waals surface area contributed by atoms with E-state index in [0.717, 1.165) is 37.9 Å². The molecule has 1 N–H and O–H groups in total. The third-order valence-corrected chi connectivity index (χ3v) is 4.65. The van der Waals surface area contributed by atoms with Gasteiger partial charge in [-0.2, -0.15) is 0 Å². The number of hydrogen-bond donors (Lipinski definition) is 1. The molecule has 1 fully saturated rings. The second-order valence-corrected chi connectivity index (χ2v) is 6.16. The largest absolute Gasteiger partial charge is 0.396 e. The fourth-order valence-electron chi connectivity index (χ4n) is 3.46. The van der Waals surface area contributed by atoms with Gasteiger partial charge in [0, 0.05) is 19.7 Å². The maximum atomic E-state index is 12.4. The van der Waals surface area contributed by atoms with Gasteiger partial charge in [-0.3, -0.25) is 4.79 Å². The number of fused-ring (bicyclic) bond motifs is 1. The zero-order valence-corrected chi connectivity index (χ0v) is 12.0. The first kappa shape index (κ1) is 13.6. The zero-order chi connectivity index (χ0) is 13.9. The van der Waals surface area contributed by atoms with E-state index in [1.807, 2.05) is 4.90 Å². The molecule has 20 heavy (non-hydrogen) atoms. The van der Waals surface area contributed by atoms with E-state index >= 15 is 0 Å². The lowest BCUT2D eigenvalue weighted by molar-refractivity contribution is -0.132. The van der Waals surface area contributed by atoms with Gasteiger partial charge in [0.05, 0.1) is 6.42 Å². The summed E-state index contributed by atoms with van der Waals surface area (Å²) < 4.78 is 0. The summed E-state index contributed by atoms with van der Waals surface area (Å²) in [6.07, 6.45) is 6.16. The molecule has 0 aromatic heterocycles. The lowest BCUT2D eigenvalue weighted by Gasteiger charge is -2.32. The van der Waals surface area contributed by atoms with Crippen molar-refractivity contribution in [3.8, 4) is 0 Å². The van der Waals surface area contributed by atoms with Gasteiger partial charge in [-0.05, 0) is 54.7 Å². The van der Waals surface area contributed by atoms with Gasteiger partial charge in [-0.15, -0.1) is 0 Å². The minimum Gasteiger partial charge on any atom is -0.396 e. The maximum absolute atomic E-state index is 12.4. The minimum atomic E-state index is 0.197. The molecule has 1 unspecified atom stereocenters. The summed E-state index contributed by atoms with van der Waals surface area (Å²) in [5.74, 6) is 0.480. The zero-order valence-electron chi connectivity index (χ0n) is 12.0. The van der Waals surface area contributed by atoms with Crippen LogP contribution in [0.5, 0.6) is 0 Å². The van der Waals surface area contributed by atoms with E-state index in [9.17, 15) is 9.90 Å². The second-order valence-electron chi connectivity index (χ2n) is 6.16. The van der Waals surface area contributed by atoms with Gasteiger partial charge in [0.25, 0.3) is 0 Å². The Morgan fingerprint density at radius 3 is 2.95 bits per heavy atom. The molecule has 0 radical (unpaired) electrons. The number of piperidine rings is 1. The predicted octanol–water partition coefficient (Wildman–Crippen LogP) is 1.95. The van der Waals surface area contributed by atoms with Gasteiger partial charge in [0.15, 0.2) is 0 Å². The number of hydrogen-bond acceptors (Lipinski definition) is 2. The van der Waals surface area contributed by atoms with Crippen LogP contribution in [0, 0.1) is 5.92 Å². The van der Waals surface area contributed by atoms with Crippen LogP contribution in [0.25, 0.3) is 0 Å². The molecule has 0 spiro atoms. The monoisotopic (exact) mass is 273 g/mol. The number of aliphatic hydroxyl groups excluding tert-OH is 1. The van der Waals surface area contributed by atoms with Crippen molar-refractivity contribution in [2.75, 3.05) is 19.7 Å². The van der Waals surface area contributed by atoms with Crippen molar-refractivity contribution >= 4 is 5.91 Å². The van der Waals surface area contributed by atoms with Crippen LogP contribution in [-0.4, -0.2) is 35.6 Å². The third kappa shape index (κ3) is 2.88. The maximum Gasteiger partial charge on any atom is 0.227 e. The van der Waals surface area contributed by atoms with Crippen LogP contribution >= 0.6 is 0 Å². The molecule has 0 saturated carbocycles. The van der Waals surface area contributed by atoms with E-state index in [2.05, 4.69) is 18.2 Å². The standard InChI is InChI=1S/C17H23NO2/c19-12-14-3-2-8-18(11-14)17(20)10-13-6-7-15-4-1-5-16(15)9-13/h6-7,9,14,19H,1-5,8,10-12H2. The Kier molecular flexibility index (Phi) is 4.06. The Morgan fingerprint density at radius 1 is 1.25 bits per heavy atom. The number of aliphatic hydroxyl groups is 1. The van der Waals surface area contributed by atoms with Crippen molar-refractivity contribution in [1.82, 2.24) is 4.90 Å². The molecule has 1 aliphatic carbocycles. The summed E-state index contributed by atoms with van der Waals surface area (Å²) in [7, 11) is 0. The molecule has 1 aromatic carbocycles. The Morgan fingerprint density at radius 2 is 2.10 bits per heavy atom. The average molecular weight is 273 g/mol. The van der Waals surface area contributed by atoms with Crippen molar-refractivity contribution in [2.24, 2.45) is 5.92 Å². The molecule has 1 amide bonds. The summed E-state index contributed by atoms with van der Waals surface area (Å²) >= 11 is 0. The summed E-state index contributed by atoms with van der Waals surface area (Å²) in [5, 5.41) is 9.25. The van der Waals surface area contributed by atoms with Gasteiger partial charge in [0.1, 0.15) is 0 Å². The molecule has 1 saturated heterocycles. The Hall–Kier alpha value is -1.35.